The maximum Gasteiger partial charge on any atom is 0.344 e. The molecule has 0 unspecified atom stereocenters. The van der Waals surface area contributed by atoms with Crippen LogP contribution in [0.25, 0.3) is 0 Å². The van der Waals surface area contributed by atoms with Crippen molar-refractivity contribution in [3.8, 4) is 0 Å². The number of rotatable bonds is 4. The maximum atomic E-state index is 11.1. The lowest BCUT2D eigenvalue weighted by Crippen LogP contribution is -2.37. The summed E-state index contributed by atoms with van der Waals surface area (Å²) in [7, 11) is 0. The van der Waals surface area contributed by atoms with Crippen LogP contribution in [0.15, 0.2) is 0 Å². The third-order valence-corrected chi connectivity index (χ3v) is 1.25. The van der Waals surface area contributed by atoms with Gasteiger partial charge in [-0.3, -0.25) is 4.79 Å². The molecular formula is C9H17NO5. The topological polar surface area (TPSA) is 98.9 Å². The Kier molecular flexibility index (Phi) is 5.24. The number of hydrogen-bond acceptors (Lipinski definition) is 6. The van der Waals surface area contributed by atoms with Crippen LogP contribution >= 0.6 is 0 Å². The lowest BCUT2D eigenvalue weighted by molar-refractivity contribution is -0.167. The molecular weight excluding hydrogens is 202 g/mol. The van der Waals surface area contributed by atoms with Crippen molar-refractivity contribution >= 4 is 11.9 Å². The average Bonchev–Trinajstić information content (AvgIpc) is 2.10. The molecule has 6 nitrogen and oxygen atoms in total. The van der Waals surface area contributed by atoms with E-state index in [-0.39, 0.29) is 0 Å². The normalized spacial score (nSPS) is 13.1. The summed E-state index contributed by atoms with van der Waals surface area (Å²) in [6.07, 6.45) is 0. The Bertz CT molecular complexity index is 233. The lowest BCUT2D eigenvalue weighted by Gasteiger charge is -2.19. The van der Waals surface area contributed by atoms with Crippen LogP contribution in [-0.2, 0) is 19.1 Å². The summed E-state index contributed by atoms with van der Waals surface area (Å²) >= 11 is 0. The van der Waals surface area contributed by atoms with E-state index in [1.165, 1.54) is 0 Å². The molecule has 0 saturated heterocycles. The first-order valence-corrected chi connectivity index (χ1v) is 4.51. The number of aliphatic hydroxyl groups is 1. The van der Waals surface area contributed by atoms with Crippen LogP contribution in [0.4, 0.5) is 0 Å². The highest BCUT2D eigenvalue weighted by Crippen LogP contribution is 2.06. The SMILES string of the molecule is CC(C)(C)OC(=O)COC(=O)[C@@H](N)CO. The van der Waals surface area contributed by atoms with Crippen LogP contribution in [0.3, 0.4) is 0 Å². The zero-order valence-electron chi connectivity index (χ0n) is 9.15. The van der Waals surface area contributed by atoms with E-state index in [1.54, 1.807) is 20.8 Å². The van der Waals surface area contributed by atoms with Crippen LogP contribution in [0.5, 0.6) is 0 Å². The lowest BCUT2D eigenvalue weighted by atomic mass is 10.2. The molecule has 0 aliphatic heterocycles. The van der Waals surface area contributed by atoms with Gasteiger partial charge in [-0.1, -0.05) is 0 Å². The van der Waals surface area contributed by atoms with Crippen LogP contribution in [0.2, 0.25) is 0 Å². The van der Waals surface area contributed by atoms with Gasteiger partial charge in [-0.2, -0.15) is 0 Å². The fraction of sp³-hybridized carbons (Fsp3) is 0.778. The molecule has 0 spiro atoms. The first-order valence-electron chi connectivity index (χ1n) is 4.51. The smallest absolute Gasteiger partial charge is 0.344 e. The molecule has 0 bridgehead atoms. The van der Waals surface area contributed by atoms with Crippen molar-refractivity contribution in [2.24, 2.45) is 5.73 Å². The highest BCUT2D eigenvalue weighted by Gasteiger charge is 2.19. The summed E-state index contributed by atoms with van der Waals surface area (Å²) in [5.41, 5.74) is 4.53. The summed E-state index contributed by atoms with van der Waals surface area (Å²) in [4.78, 5) is 22.0. The number of ether oxygens (including phenoxy) is 2. The molecule has 0 heterocycles. The third-order valence-electron chi connectivity index (χ3n) is 1.25. The van der Waals surface area contributed by atoms with Crippen LogP contribution < -0.4 is 5.73 Å². The molecule has 0 radical (unpaired) electrons. The number of nitrogens with two attached hydrogens (primary N) is 1. The zero-order valence-corrected chi connectivity index (χ0v) is 9.15. The van der Waals surface area contributed by atoms with Crippen LogP contribution in [-0.4, -0.2) is 41.9 Å². The van der Waals surface area contributed by atoms with Gasteiger partial charge in [0.15, 0.2) is 6.61 Å². The van der Waals surface area contributed by atoms with Crippen LogP contribution in [0, 0.1) is 0 Å². The van der Waals surface area contributed by atoms with Gasteiger partial charge >= 0.3 is 11.9 Å². The van der Waals surface area contributed by atoms with Crippen molar-refractivity contribution in [1.82, 2.24) is 0 Å². The number of carbonyl (C=O) groups excluding carboxylic acids is 2. The fourth-order valence-corrected chi connectivity index (χ4v) is 0.683. The second-order valence-electron chi connectivity index (χ2n) is 3.98. The predicted octanol–water partition coefficient (Wildman–Crippen LogP) is -0.809. The molecule has 88 valence electrons. The molecule has 0 rings (SSSR count). The minimum Gasteiger partial charge on any atom is -0.457 e. The summed E-state index contributed by atoms with van der Waals surface area (Å²) in [5, 5.41) is 8.51. The van der Waals surface area contributed by atoms with Crippen molar-refractivity contribution in [2.75, 3.05) is 13.2 Å². The number of carbonyl (C=O) groups is 2. The largest absolute Gasteiger partial charge is 0.457 e. The highest BCUT2D eigenvalue weighted by molar-refractivity contribution is 5.79. The zero-order chi connectivity index (χ0) is 12.1. The van der Waals surface area contributed by atoms with E-state index in [0.717, 1.165) is 0 Å². The second-order valence-corrected chi connectivity index (χ2v) is 3.98. The van der Waals surface area contributed by atoms with E-state index in [2.05, 4.69) is 4.74 Å². The van der Waals surface area contributed by atoms with Crippen molar-refractivity contribution in [3.05, 3.63) is 0 Å². The Morgan fingerprint density at radius 2 is 1.93 bits per heavy atom. The second kappa shape index (κ2) is 5.67. The molecule has 0 aromatic rings. The molecule has 0 aliphatic carbocycles. The molecule has 0 amide bonds. The Hall–Kier alpha value is -1.14. The van der Waals surface area contributed by atoms with E-state index in [9.17, 15) is 9.59 Å². The molecule has 0 aliphatic rings. The predicted molar refractivity (Wildman–Crippen MR) is 51.9 cm³/mol. The van der Waals surface area contributed by atoms with Gasteiger partial charge in [0.2, 0.25) is 0 Å². The summed E-state index contributed by atoms with van der Waals surface area (Å²) in [6, 6.07) is -1.12. The molecule has 3 N–H and O–H groups in total. The van der Waals surface area contributed by atoms with Gasteiger partial charge in [-0.15, -0.1) is 0 Å². The number of hydrogen-bond donors (Lipinski definition) is 2. The fourth-order valence-electron chi connectivity index (χ4n) is 0.683. The van der Waals surface area contributed by atoms with Gasteiger partial charge in [-0.25, -0.2) is 4.79 Å². The van der Waals surface area contributed by atoms with Crippen molar-refractivity contribution in [1.29, 1.82) is 0 Å². The molecule has 6 heteroatoms. The standard InChI is InChI=1S/C9H17NO5/c1-9(2,3)15-7(12)5-14-8(13)6(10)4-11/h6,11H,4-5,10H2,1-3H3/t6-/m0/s1. The Labute approximate surface area is 88.3 Å². The van der Waals surface area contributed by atoms with Crippen molar-refractivity contribution in [2.45, 2.75) is 32.4 Å². The first kappa shape index (κ1) is 13.9. The number of esters is 2. The molecule has 0 aromatic heterocycles. The Morgan fingerprint density at radius 1 is 1.40 bits per heavy atom. The third kappa shape index (κ3) is 6.87. The molecule has 1 atom stereocenters. The summed E-state index contributed by atoms with van der Waals surface area (Å²) in [6.45, 7) is 4.08. The van der Waals surface area contributed by atoms with E-state index in [1.807, 2.05) is 0 Å². The number of aliphatic hydroxyl groups excluding tert-OH is 1. The van der Waals surface area contributed by atoms with Gasteiger partial charge in [0.1, 0.15) is 11.6 Å². The van der Waals surface area contributed by atoms with E-state index >= 15 is 0 Å². The minimum absolute atomic E-state index is 0.496. The Morgan fingerprint density at radius 3 is 2.33 bits per heavy atom. The van der Waals surface area contributed by atoms with E-state index in [4.69, 9.17) is 15.6 Å². The Balaban J connectivity index is 3.87. The molecule has 15 heavy (non-hydrogen) atoms. The van der Waals surface area contributed by atoms with Gasteiger partial charge in [-0.05, 0) is 20.8 Å². The van der Waals surface area contributed by atoms with Gasteiger partial charge in [0, 0.05) is 0 Å². The highest BCUT2D eigenvalue weighted by atomic mass is 16.6. The maximum absolute atomic E-state index is 11.1. The summed E-state index contributed by atoms with van der Waals surface area (Å²) in [5.74, 6) is -1.48. The molecule has 0 fully saturated rings. The minimum atomic E-state index is -1.12. The van der Waals surface area contributed by atoms with Gasteiger partial charge < -0.3 is 20.3 Å². The van der Waals surface area contributed by atoms with E-state index in [0.29, 0.717) is 0 Å². The molecule has 0 aromatic carbocycles. The van der Waals surface area contributed by atoms with E-state index < -0.39 is 36.8 Å². The monoisotopic (exact) mass is 219 g/mol. The summed E-state index contributed by atoms with van der Waals surface area (Å²) < 4.78 is 9.39. The quantitative estimate of drug-likeness (QED) is 0.600. The first-order chi connectivity index (χ1) is 6.76. The molecule has 0 saturated carbocycles. The van der Waals surface area contributed by atoms with Gasteiger partial charge in [0.25, 0.3) is 0 Å². The van der Waals surface area contributed by atoms with Crippen molar-refractivity contribution in [3.63, 3.8) is 0 Å². The van der Waals surface area contributed by atoms with Crippen LogP contribution in [0.1, 0.15) is 20.8 Å². The average molecular weight is 219 g/mol. The van der Waals surface area contributed by atoms with Crippen molar-refractivity contribution < 1.29 is 24.2 Å². The van der Waals surface area contributed by atoms with Gasteiger partial charge in [0.05, 0.1) is 6.61 Å².